The van der Waals surface area contributed by atoms with E-state index >= 15 is 0 Å². The molecule has 3 atom stereocenters. The Bertz CT molecular complexity index is 836. The van der Waals surface area contributed by atoms with Gasteiger partial charge < -0.3 is 15.1 Å². The van der Waals surface area contributed by atoms with Crippen LogP contribution in [0.3, 0.4) is 0 Å². The zero-order valence-corrected chi connectivity index (χ0v) is 15.4. The molecule has 1 saturated carbocycles. The maximum atomic E-state index is 11.6. The molecule has 7 heteroatoms. The first kappa shape index (κ1) is 17.6. The van der Waals surface area contributed by atoms with Crippen molar-refractivity contribution in [2.45, 2.75) is 37.5 Å². The van der Waals surface area contributed by atoms with Gasteiger partial charge in [0, 0.05) is 28.2 Å². The van der Waals surface area contributed by atoms with Gasteiger partial charge in [-0.3, -0.25) is 0 Å². The number of aromatic nitrogens is 1. The van der Waals surface area contributed by atoms with Crippen molar-refractivity contribution in [3.05, 3.63) is 57.7 Å². The molecule has 5 nitrogen and oxygen atoms in total. The number of carbonyl (C=O) groups is 1. The lowest BCUT2D eigenvalue weighted by atomic mass is 9.94. The molecule has 1 aromatic heterocycles. The van der Waals surface area contributed by atoms with Crippen molar-refractivity contribution in [3.63, 3.8) is 0 Å². The third-order valence-corrected chi connectivity index (χ3v) is 5.96. The molecule has 0 spiro atoms. The summed E-state index contributed by atoms with van der Waals surface area (Å²) in [5, 5.41) is 21.7. The zero-order chi connectivity index (χ0) is 18.4. The second kappa shape index (κ2) is 6.72. The minimum Gasteiger partial charge on any atom is -0.478 e. The summed E-state index contributed by atoms with van der Waals surface area (Å²) in [4.78, 5) is 17.7. The summed E-state index contributed by atoms with van der Waals surface area (Å²) >= 11 is 12.7. The summed E-state index contributed by atoms with van der Waals surface area (Å²) in [5.41, 5.74) is 0.799. The number of carboxylic acids is 1. The lowest BCUT2D eigenvalue weighted by Crippen LogP contribution is -2.40. The Kier molecular flexibility index (Phi) is 4.55. The number of aliphatic hydroxyl groups excluding tert-OH is 1. The van der Waals surface area contributed by atoms with E-state index in [0.29, 0.717) is 33.8 Å². The maximum Gasteiger partial charge on any atom is 0.339 e. The standard InChI is InChI=1S/C19H18Cl2N2O3/c20-13-4-1-5-14(21)16(13)12-9-15(10-6-7-10)23(18(12)24)17-11(19(25)26)3-2-8-22-17/h1-5,8,10,12,15,18,24H,6-7,9H2,(H,25,26). The Morgan fingerprint density at radius 1 is 1.15 bits per heavy atom. The number of aliphatic hydroxyl groups is 1. The summed E-state index contributed by atoms with van der Waals surface area (Å²) in [6.07, 6.45) is 3.39. The van der Waals surface area contributed by atoms with E-state index in [1.54, 1.807) is 35.4 Å². The van der Waals surface area contributed by atoms with Crippen LogP contribution in [0.25, 0.3) is 0 Å². The first-order chi connectivity index (χ1) is 12.5. The van der Waals surface area contributed by atoms with Gasteiger partial charge >= 0.3 is 5.97 Å². The minimum atomic E-state index is -1.06. The molecule has 2 fully saturated rings. The molecule has 1 aliphatic heterocycles. The monoisotopic (exact) mass is 392 g/mol. The number of nitrogens with zero attached hydrogens (tertiary/aromatic N) is 2. The van der Waals surface area contributed by atoms with Crippen LogP contribution < -0.4 is 4.90 Å². The Morgan fingerprint density at radius 3 is 2.46 bits per heavy atom. The Balaban J connectivity index is 1.79. The molecular formula is C19H18Cl2N2O3. The van der Waals surface area contributed by atoms with E-state index in [0.717, 1.165) is 12.8 Å². The van der Waals surface area contributed by atoms with Gasteiger partial charge in [-0.05, 0) is 55.0 Å². The Labute approximate surface area is 161 Å². The molecule has 4 rings (SSSR count). The van der Waals surface area contributed by atoms with E-state index in [-0.39, 0.29) is 17.5 Å². The van der Waals surface area contributed by atoms with Crippen molar-refractivity contribution in [1.82, 2.24) is 4.98 Å². The number of pyridine rings is 1. The molecule has 2 heterocycles. The van der Waals surface area contributed by atoms with Gasteiger partial charge in [-0.2, -0.15) is 0 Å². The number of rotatable bonds is 4. The van der Waals surface area contributed by atoms with Gasteiger partial charge in [0.2, 0.25) is 0 Å². The van der Waals surface area contributed by atoms with Crippen LogP contribution >= 0.6 is 23.2 Å². The fourth-order valence-electron chi connectivity index (χ4n) is 3.97. The van der Waals surface area contributed by atoms with E-state index in [1.807, 2.05) is 0 Å². The Morgan fingerprint density at radius 2 is 1.85 bits per heavy atom. The summed E-state index contributed by atoms with van der Waals surface area (Å²) in [6.45, 7) is 0. The van der Waals surface area contributed by atoms with Crippen molar-refractivity contribution in [3.8, 4) is 0 Å². The van der Waals surface area contributed by atoms with Gasteiger partial charge in [0.1, 0.15) is 17.6 Å². The number of hydrogen-bond donors (Lipinski definition) is 2. The van der Waals surface area contributed by atoms with Crippen LogP contribution in [0.15, 0.2) is 36.5 Å². The minimum absolute atomic E-state index is 0.00957. The van der Waals surface area contributed by atoms with Crippen LogP contribution in [0.2, 0.25) is 10.0 Å². The average Bonchev–Trinajstić information content (AvgIpc) is 3.40. The topological polar surface area (TPSA) is 73.7 Å². The largest absolute Gasteiger partial charge is 0.478 e. The van der Waals surface area contributed by atoms with Crippen LogP contribution in [0.5, 0.6) is 0 Å². The van der Waals surface area contributed by atoms with Gasteiger partial charge in [0.15, 0.2) is 0 Å². The number of benzene rings is 1. The van der Waals surface area contributed by atoms with Crippen molar-refractivity contribution in [2.75, 3.05) is 4.90 Å². The molecule has 0 bridgehead atoms. The predicted molar refractivity (Wildman–Crippen MR) is 100 cm³/mol. The first-order valence-corrected chi connectivity index (χ1v) is 9.33. The molecule has 26 heavy (non-hydrogen) atoms. The van der Waals surface area contributed by atoms with Gasteiger partial charge in [0.05, 0.1) is 0 Å². The molecule has 2 N–H and O–H groups in total. The highest BCUT2D eigenvalue weighted by atomic mass is 35.5. The predicted octanol–water partition coefficient (Wildman–Crippen LogP) is 4.18. The smallest absolute Gasteiger partial charge is 0.339 e. The van der Waals surface area contributed by atoms with E-state index in [1.165, 1.54) is 6.07 Å². The fourth-order valence-corrected chi connectivity index (χ4v) is 4.65. The third kappa shape index (κ3) is 2.94. The number of anilines is 1. The SMILES string of the molecule is O=C(O)c1cccnc1N1C(O)C(c2c(Cl)cccc2Cl)CC1C1CC1. The molecule has 1 aromatic carbocycles. The highest BCUT2D eigenvalue weighted by Crippen LogP contribution is 2.50. The molecule has 1 aliphatic carbocycles. The second-order valence-electron chi connectivity index (χ2n) is 6.88. The zero-order valence-electron chi connectivity index (χ0n) is 13.8. The number of halogens is 2. The molecule has 0 amide bonds. The van der Waals surface area contributed by atoms with Crippen molar-refractivity contribution < 1.29 is 15.0 Å². The van der Waals surface area contributed by atoms with Gasteiger partial charge in [-0.15, -0.1) is 0 Å². The van der Waals surface area contributed by atoms with Crippen molar-refractivity contribution >= 4 is 35.0 Å². The molecule has 2 aliphatic rings. The van der Waals surface area contributed by atoms with Gasteiger partial charge in [-0.1, -0.05) is 29.3 Å². The second-order valence-corrected chi connectivity index (χ2v) is 7.70. The summed E-state index contributed by atoms with van der Waals surface area (Å²) in [5.74, 6) is -0.644. The van der Waals surface area contributed by atoms with Crippen LogP contribution in [0.4, 0.5) is 5.82 Å². The molecule has 3 unspecified atom stereocenters. The van der Waals surface area contributed by atoms with Gasteiger partial charge in [-0.25, -0.2) is 9.78 Å². The Hall–Kier alpha value is -1.82. The van der Waals surface area contributed by atoms with Crippen LogP contribution in [-0.2, 0) is 0 Å². The average molecular weight is 393 g/mol. The molecule has 2 aromatic rings. The molecule has 136 valence electrons. The van der Waals surface area contributed by atoms with Crippen LogP contribution in [-0.4, -0.2) is 33.4 Å². The van der Waals surface area contributed by atoms with E-state index in [2.05, 4.69) is 4.98 Å². The lowest BCUT2D eigenvalue weighted by Gasteiger charge is -2.30. The van der Waals surface area contributed by atoms with Gasteiger partial charge in [0.25, 0.3) is 0 Å². The number of carboxylic acid groups (broad SMARTS) is 1. The normalized spacial score (nSPS) is 25.5. The van der Waals surface area contributed by atoms with Crippen LogP contribution in [0.1, 0.15) is 41.1 Å². The quantitative estimate of drug-likeness (QED) is 0.816. The third-order valence-electron chi connectivity index (χ3n) is 5.30. The fraction of sp³-hybridized carbons (Fsp3) is 0.368. The summed E-state index contributed by atoms with van der Waals surface area (Å²) < 4.78 is 0. The van der Waals surface area contributed by atoms with E-state index < -0.39 is 12.2 Å². The van der Waals surface area contributed by atoms with Crippen LogP contribution in [0, 0.1) is 5.92 Å². The number of hydrogen-bond acceptors (Lipinski definition) is 4. The molecular weight excluding hydrogens is 375 g/mol. The van der Waals surface area contributed by atoms with Crippen molar-refractivity contribution in [2.24, 2.45) is 5.92 Å². The lowest BCUT2D eigenvalue weighted by molar-refractivity contribution is 0.0696. The maximum absolute atomic E-state index is 11.6. The first-order valence-electron chi connectivity index (χ1n) is 8.57. The van der Waals surface area contributed by atoms with E-state index in [9.17, 15) is 15.0 Å². The summed E-state index contributed by atoms with van der Waals surface area (Å²) in [7, 11) is 0. The molecule has 1 saturated heterocycles. The van der Waals surface area contributed by atoms with E-state index in [4.69, 9.17) is 23.2 Å². The highest BCUT2D eigenvalue weighted by Gasteiger charge is 2.49. The number of aromatic carboxylic acids is 1. The summed E-state index contributed by atoms with van der Waals surface area (Å²) in [6, 6.07) is 8.39. The van der Waals surface area contributed by atoms with Crippen molar-refractivity contribution in [1.29, 1.82) is 0 Å². The molecule has 0 radical (unpaired) electrons. The highest BCUT2D eigenvalue weighted by molar-refractivity contribution is 6.36.